The monoisotopic (exact) mass is 347 g/mol. The Morgan fingerprint density at radius 3 is 2.80 bits per heavy atom. The van der Waals surface area contributed by atoms with E-state index in [1.165, 1.54) is 11.5 Å². The molecule has 0 unspecified atom stereocenters. The summed E-state index contributed by atoms with van der Waals surface area (Å²) in [6.45, 7) is 2.10. The van der Waals surface area contributed by atoms with Gasteiger partial charge in [0.25, 0.3) is 5.91 Å². The van der Waals surface area contributed by atoms with Gasteiger partial charge in [0, 0.05) is 19.6 Å². The summed E-state index contributed by atoms with van der Waals surface area (Å²) in [7, 11) is 0. The fraction of sp³-hybridized carbons (Fsp3) is 0.375. The van der Waals surface area contributed by atoms with E-state index in [9.17, 15) is 19.2 Å². The molecule has 2 aromatic rings. The van der Waals surface area contributed by atoms with Crippen molar-refractivity contribution in [1.82, 2.24) is 14.8 Å². The Balaban J connectivity index is 1.59. The second-order valence-electron chi connectivity index (χ2n) is 5.59. The van der Waals surface area contributed by atoms with Crippen LogP contribution in [0.15, 0.2) is 33.5 Å². The van der Waals surface area contributed by atoms with Gasteiger partial charge in [0.2, 0.25) is 0 Å². The van der Waals surface area contributed by atoms with E-state index in [2.05, 4.69) is 5.32 Å². The topological polar surface area (TPSA) is 111 Å². The van der Waals surface area contributed by atoms with Crippen molar-refractivity contribution >= 4 is 29.0 Å². The lowest BCUT2D eigenvalue weighted by atomic mass is 10.3. The zero-order valence-electron chi connectivity index (χ0n) is 13.6. The van der Waals surface area contributed by atoms with Crippen LogP contribution in [-0.2, 0) is 20.9 Å². The highest BCUT2D eigenvalue weighted by atomic mass is 16.5. The van der Waals surface area contributed by atoms with Gasteiger partial charge in [-0.25, -0.2) is 9.59 Å². The number of oxazole rings is 1. The zero-order chi connectivity index (χ0) is 18.0. The minimum Gasteiger partial charge on any atom is -0.452 e. The summed E-state index contributed by atoms with van der Waals surface area (Å²) in [4.78, 5) is 48.3. The Labute approximate surface area is 142 Å². The van der Waals surface area contributed by atoms with E-state index in [0.717, 1.165) is 4.90 Å². The molecule has 0 radical (unpaired) electrons. The third-order valence-electron chi connectivity index (χ3n) is 3.89. The quantitative estimate of drug-likeness (QED) is 0.787. The van der Waals surface area contributed by atoms with E-state index >= 15 is 0 Å². The first-order valence-electron chi connectivity index (χ1n) is 7.84. The summed E-state index contributed by atoms with van der Waals surface area (Å²) in [5, 5.41) is 2.50. The zero-order valence-corrected chi connectivity index (χ0v) is 13.6. The van der Waals surface area contributed by atoms with Crippen LogP contribution in [0.5, 0.6) is 0 Å². The van der Waals surface area contributed by atoms with Crippen LogP contribution in [0, 0.1) is 0 Å². The molecule has 1 atom stereocenters. The highest BCUT2D eigenvalue weighted by Crippen LogP contribution is 2.12. The molecule has 0 aliphatic carbocycles. The van der Waals surface area contributed by atoms with E-state index in [1.54, 1.807) is 24.3 Å². The fourth-order valence-electron chi connectivity index (χ4n) is 2.64. The summed E-state index contributed by atoms with van der Waals surface area (Å²) >= 11 is 0. The molecule has 1 aliphatic heterocycles. The molecule has 9 heteroatoms. The Hall–Kier alpha value is -3.10. The van der Waals surface area contributed by atoms with E-state index in [0.29, 0.717) is 17.6 Å². The molecule has 132 valence electrons. The number of hydrogen-bond acceptors (Lipinski definition) is 6. The molecule has 9 nitrogen and oxygen atoms in total. The van der Waals surface area contributed by atoms with Crippen molar-refractivity contribution in [3.8, 4) is 0 Å². The summed E-state index contributed by atoms with van der Waals surface area (Å²) < 4.78 is 11.5. The Bertz CT molecular complexity index is 883. The molecule has 0 saturated carbocycles. The van der Waals surface area contributed by atoms with Gasteiger partial charge in [-0.05, 0) is 19.1 Å². The van der Waals surface area contributed by atoms with Crippen LogP contribution < -0.4 is 11.1 Å². The van der Waals surface area contributed by atoms with Crippen molar-refractivity contribution < 1.29 is 23.5 Å². The number of fused-ring (bicyclic) bond motifs is 1. The maximum absolute atomic E-state index is 12.1. The standard InChI is InChI=1S/C16H17N3O6/c1-10(14(21)19-9-7-17-15(19)22)24-13(20)6-8-18-11-4-2-3-5-12(11)25-16(18)23/h2-5,10H,6-9H2,1H3,(H,17,22)/t10-/m1/s1. The number of ether oxygens (including phenoxy) is 1. The molecule has 1 aliphatic rings. The SMILES string of the molecule is C[C@@H](OC(=O)CCn1c(=O)oc2ccccc21)C(=O)N1CCNC1=O. The van der Waals surface area contributed by atoms with Crippen LogP contribution in [0.2, 0.25) is 0 Å². The Morgan fingerprint density at radius 1 is 1.32 bits per heavy atom. The molecule has 0 bridgehead atoms. The number of esters is 1. The van der Waals surface area contributed by atoms with Gasteiger partial charge in [0.05, 0.1) is 11.9 Å². The minimum atomic E-state index is -1.07. The molecule has 1 saturated heterocycles. The second kappa shape index (κ2) is 6.80. The van der Waals surface area contributed by atoms with Gasteiger partial charge in [-0.2, -0.15) is 0 Å². The maximum Gasteiger partial charge on any atom is 0.419 e. The number of nitrogens with zero attached hydrogens (tertiary/aromatic N) is 2. The van der Waals surface area contributed by atoms with Gasteiger partial charge in [0.1, 0.15) is 0 Å². The van der Waals surface area contributed by atoms with Crippen molar-refractivity contribution in [2.75, 3.05) is 13.1 Å². The molecule has 0 spiro atoms. The predicted molar refractivity (Wildman–Crippen MR) is 85.8 cm³/mol. The third kappa shape index (κ3) is 3.39. The number of benzene rings is 1. The molecular weight excluding hydrogens is 330 g/mol. The van der Waals surface area contributed by atoms with E-state index in [4.69, 9.17) is 9.15 Å². The number of para-hydroxylation sites is 2. The number of aryl methyl sites for hydroxylation is 1. The number of amides is 3. The fourth-order valence-corrected chi connectivity index (χ4v) is 2.64. The number of urea groups is 1. The van der Waals surface area contributed by atoms with E-state index in [1.807, 2.05) is 0 Å². The predicted octanol–water partition coefficient (Wildman–Crippen LogP) is 0.468. The Morgan fingerprint density at radius 2 is 2.08 bits per heavy atom. The largest absolute Gasteiger partial charge is 0.452 e. The summed E-state index contributed by atoms with van der Waals surface area (Å²) in [6.07, 6.45) is -1.18. The smallest absolute Gasteiger partial charge is 0.419 e. The lowest BCUT2D eigenvalue weighted by molar-refractivity contribution is -0.157. The summed E-state index contributed by atoms with van der Waals surface area (Å²) in [5.74, 6) is -1.78. The van der Waals surface area contributed by atoms with Crippen LogP contribution in [-0.4, -0.2) is 46.6 Å². The number of carbonyl (C=O) groups is 3. The molecule has 1 fully saturated rings. The number of carbonyl (C=O) groups excluding carboxylic acids is 3. The van der Waals surface area contributed by atoms with Gasteiger partial charge in [-0.3, -0.25) is 19.1 Å². The van der Waals surface area contributed by atoms with Crippen LogP contribution in [0.4, 0.5) is 4.79 Å². The van der Waals surface area contributed by atoms with Crippen LogP contribution >= 0.6 is 0 Å². The van der Waals surface area contributed by atoms with Gasteiger partial charge in [-0.15, -0.1) is 0 Å². The highest BCUT2D eigenvalue weighted by Gasteiger charge is 2.31. The lowest BCUT2D eigenvalue weighted by Crippen LogP contribution is -2.41. The van der Waals surface area contributed by atoms with Gasteiger partial charge in [0.15, 0.2) is 11.7 Å². The minimum absolute atomic E-state index is 0.0692. The normalized spacial score (nSPS) is 15.2. The first-order valence-corrected chi connectivity index (χ1v) is 7.84. The molecule has 1 aromatic carbocycles. The first-order chi connectivity index (χ1) is 12.0. The first kappa shape index (κ1) is 16.7. The highest BCUT2D eigenvalue weighted by molar-refractivity contribution is 5.98. The van der Waals surface area contributed by atoms with Crippen molar-refractivity contribution in [2.45, 2.75) is 26.0 Å². The second-order valence-corrected chi connectivity index (χ2v) is 5.59. The van der Waals surface area contributed by atoms with Gasteiger partial charge in [-0.1, -0.05) is 12.1 Å². The maximum atomic E-state index is 12.1. The molecule has 2 heterocycles. The number of nitrogens with one attached hydrogen (secondary N) is 1. The number of rotatable bonds is 5. The number of hydrogen-bond donors (Lipinski definition) is 1. The molecule has 3 rings (SSSR count). The average molecular weight is 347 g/mol. The number of aromatic nitrogens is 1. The van der Waals surface area contributed by atoms with E-state index < -0.39 is 29.8 Å². The van der Waals surface area contributed by atoms with Crippen molar-refractivity contribution in [1.29, 1.82) is 0 Å². The molecule has 1 aromatic heterocycles. The van der Waals surface area contributed by atoms with Gasteiger partial charge >= 0.3 is 17.8 Å². The van der Waals surface area contributed by atoms with Crippen molar-refractivity contribution in [3.63, 3.8) is 0 Å². The van der Waals surface area contributed by atoms with Crippen LogP contribution in [0.25, 0.3) is 11.1 Å². The summed E-state index contributed by atoms with van der Waals surface area (Å²) in [5.41, 5.74) is 1.02. The Kier molecular flexibility index (Phi) is 4.55. The molecule has 3 amide bonds. The van der Waals surface area contributed by atoms with Crippen molar-refractivity contribution in [3.05, 3.63) is 34.8 Å². The van der Waals surface area contributed by atoms with E-state index in [-0.39, 0.29) is 19.5 Å². The lowest BCUT2D eigenvalue weighted by Gasteiger charge is -2.18. The van der Waals surface area contributed by atoms with Gasteiger partial charge < -0.3 is 14.5 Å². The summed E-state index contributed by atoms with van der Waals surface area (Å²) in [6, 6.07) is 6.38. The number of imide groups is 1. The van der Waals surface area contributed by atoms with Crippen LogP contribution in [0.3, 0.4) is 0 Å². The molecule has 1 N–H and O–H groups in total. The third-order valence-corrected chi connectivity index (χ3v) is 3.89. The molecule has 25 heavy (non-hydrogen) atoms. The van der Waals surface area contributed by atoms with Crippen molar-refractivity contribution in [2.24, 2.45) is 0 Å². The molecular formula is C16H17N3O6. The van der Waals surface area contributed by atoms with Crippen LogP contribution in [0.1, 0.15) is 13.3 Å². The average Bonchev–Trinajstić information content (AvgIpc) is 3.14.